The molecule has 2 aliphatic heterocycles. The van der Waals surface area contributed by atoms with Crippen LogP contribution >= 0.6 is 0 Å². The average molecular weight is 1400 g/mol. The Balaban J connectivity index is 2.98. The van der Waals surface area contributed by atoms with E-state index in [0.29, 0.717) is 12.8 Å². The first kappa shape index (κ1) is 86.9. The number of carbonyl (C=O) groups is 13. The van der Waals surface area contributed by atoms with Crippen LogP contribution in [0.4, 0.5) is 0 Å². The summed E-state index contributed by atoms with van der Waals surface area (Å²) in [6.45, 7) is 19.5. The summed E-state index contributed by atoms with van der Waals surface area (Å²) in [7, 11) is 1.13. The zero-order chi connectivity index (χ0) is 74.9. The molecule has 0 aliphatic carbocycles. The fourth-order valence-electron chi connectivity index (χ4n) is 11.4. The van der Waals surface area contributed by atoms with Gasteiger partial charge < -0.3 is 104 Å². The number of carbonyl (C=O) groups excluding carboxylic acids is 13. The second kappa shape index (κ2) is 41.4. The normalized spacial score (nSPS) is 28.7. The second-order valence-electron chi connectivity index (χ2n) is 27.7. The molecule has 2 fully saturated rings. The molecule has 0 spiro atoms. The molecular formula is C65H115N13O20. The van der Waals surface area contributed by atoms with Crippen molar-refractivity contribution in [2.45, 2.75) is 283 Å². The summed E-state index contributed by atoms with van der Waals surface area (Å²) in [6.07, 6.45) is -8.27. The van der Waals surface area contributed by atoms with Crippen molar-refractivity contribution in [3.05, 3.63) is 0 Å². The Morgan fingerprint density at radius 3 is 1.54 bits per heavy atom. The number of nitrogens with two attached hydrogens (primary N) is 1. The molecule has 5 unspecified atom stereocenters. The Kier molecular flexibility index (Phi) is 36.7. The number of hydrogen-bond acceptors (Lipinski definition) is 20. The van der Waals surface area contributed by atoms with Crippen LogP contribution in [0, 0.1) is 29.6 Å². The predicted octanol–water partition coefficient (Wildman–Crippen LogP) is -4.43. The molecule has 33 nitrogen and oxygen atoms in total. The Morgan fingerprint density at radius 2 is 1.03 bits per heavy atom. The van der Waals surface area contributed by atoms with Crippen molar-refractivity contribution < 1.29 is 98.1 Å². The first-order valence-electron chi connectivity index (χ1n) is 34.2. The maximum Gasteiger partial charge on any atom is 0.248 e. The highest BCUT2D eigenvalue weighted by Gasteiger charge is 2.47. The zero-order valence-corrected chi connectivity index (χ0v) is 59.6. The number of amides is 13. The van der Waals surface area contributed by atoms with Gasteiger partial charge in [0.15, 0.2) is 0 Å². The van der Waals surface area contributed by atoms with Gasteiger partial charge >= 0.3 is 0 Å². The number of nitrogens with one attached hydrogen (secondary N) is 10. The van der Waals surface area contributed by atoms with Gasteiger partial charge in [-0.25, -0.2) is 0 Å². The molecule has 2 heterocycles. The van der Waals surface area contributed by atoms with E-state index >= 15 is 0 Å². The van der Waals surface area contributed by atoms with Gasteiger partial charge in [0.05, 0.1) is 37.1 Å². The number of rotatable bonds is 22. The van der Waals surface area contributed by atoms with Crippen LogP contribution in [0.15, 0.2) is 0 Å². The van der Waals surface area contributed by atoms with E-state index in [1.54, 1.807) is 34.6 Å². The van der Waals surface area contributed by atoms with Crippen LogP contribution in [0.3, 0.4) is 0 Å². The van der Waals surface area contributed by atoms with Crippen molar-refractivity contribution in [2.75, 3.05) is 20.2 Å². The van der Waals surface area contributed by atoms with E-state index < -0.39 is 248 Å². The number of aliphatic hydroxyl groups excluding tert-OH is 7. The van der Waals surface area contributed by atoms with Gasteiger partial charge in [-0.3, -0.25) is 62.3 Å². The maximum absolute atomic E-state index is 14.7. The highest BCUT2D eigenvalue weighted by Crippen LogP contribution is 2.23. The number of nitrogens with zero attached hydrogens (tertiary/aromatic N) is 2. The number of likely N-dealkylation sites (N-methyl/N-ethyl adjacent to an activating group) is 1. The van der Waals surface area contributed by atoms with Gasteiger partial charge in [-0.1, -0.05) is 115 Å². The molecule has 33 heteroatoms. The fraction of sp³-hybridized carbons (Fsp3) is 0.800. The van der Waals surface area contributed by atoms with Gasteiger partial charge in [0, 0.05) is 38.9 Å². The lowest BCUT2D eigenvalue weighted by Gasteiger charge is -2.36. The molecule has 2 rings (SSSR count). The first-order chi connectivity index (χ1) is 45.6. The third-order valence-electron chi connectivity index (χ3n) is 17.6. The van der Waals surface area contributed by atoms with Gasteiger partial charge in [0.25, 0.3) is 0 Å². The van der Waals surface area contributed by atoms with Crippen LogP contribution in [-0.2, 0) is 62.3 Å². The first-order valence-corrected chi connectivity index (χ1v) is 34.2. The fourth-order valence-corrected chi connectivity index (χ4v) is 11.4. The van der Waals surface area contributed by atoms with E-state index in [4.69, 9.17) is 5.73 Å². The van der Waals surface area contributed by atoms with E-state index in [2.05, 4.69) is 53.2 Å². The number of fused-ring (bicyclic) bond motifs is 1. The number of unbranched alkanes of at least 4 members (excludes halogenated alkanes) is 4. The zero-order valence-electron chi connectivity index (χ0n) is 59.6. The number of aliphatic hydroxyl groups is 7. The molecule has 0 bridgehead atoms. The van der Waals surface area contributed by atoms with Crippen molar-refractivity contribution in [1.82, 2.24) is 63.0 Å². The molecule has 19 N–H and O–H groups in total. The Hall–Kier alpha value is -7.17. The monoisotopic (exact) mass is 1400 g/mol. The second-order valence-corrected chi connectivity index (χ2v) is 27.7. The van der Waals surface area contributed by atoms with E-state index in [9.17, 15) is 98.1 Å². The molecule has 0 aromatic heterocycles. The van der Waals surface area contributed by atoms with Gasteiger partial charge in [-0.05, 0) is 69.6 Å². The summed E-state index contributed by atoms with van der Waals surface area (Å²) in [5.74, 6) is -17.2. The Labute approximate surface area is 574 Å². The van der Waals surface area contributed by atoms with Crippen molar-refractivity contribution in [1.29, 1.82) is 0 Å². The molecule has 0 aromatic rings. The van der Waals surface area contributed by atoms with E-state index in [1.807, 2.05) is 6.92 Å². The minimum absolute atomic E-state index is 0.0942. The summed E-state index contributed by atoms with van der Waals surface area (Å²) in [5.41, 5.74) is 5.50. The molecule has 19 atom stereocenters. The summed E-state index contributed by atoms with van der Waals surface area (Å²) >= 11 is 0. The third kappa shape index (κ3) is 26.5. The minimum Gasteiger partial charge on any atom is -0.394 e. The molecular weight excluding hydrogens is 1280 g/mol. The minimum atomic E-state index is -2.17. The SMILES string of the molecule is CCCCCCC[C@@H]1CC(=O)N[C@H](C(C)C)C(=O)N[C@@H]([C@H](O)C(C)C)C(=O)NC(C)C(=O)N[C@@H]([C@H](O)C(C)C)C(=O)NC(CCC(N)=O)C(=O)N(C)[C@@H]([C@H](C)CC)C(=O)N[C@H]([C@H](O)CO)C(=O)N[C@@H](C(C)O)C(=O)N2C[C@@H](O)CC2C(=O)N[C@@H](CC(C)C)C(=O)N[C@@H](C(C)O)C(=O)N1. The summed E-state index contributed by atoms with van der Waals surface area (Å²) in [4.78, 5) is 187. The Bertz CT molecular complexity index is 2700. The highest BCUT2D eigenvalue weighted by molar-refractivity contribution is 6.00. The molecule has 2 aliphatic rings. The van der Waals surface area contributed by atoms with Crippen LogP contribution in [0.1, 0.15) is 174 Å². The predicted molar refractivity (Wildman–Crippen MR) is 356 cm³/mol. The number of primary amides is 1. The van der Waals surface area contributed by atoms with Crippen LogP contribution in [0.5, 0.6) is 0 Å². The smallest absolute Gasteiger partial charge is 0.248 e. The molecule has 0 aromatic carbocycles. The molecule has 13 amide bonds. The highest BCUT2D eigenvalue weighted by atomic mass is 16.3. The van der Waals surface area contributed by atoms with Crippen LogP contribution < -0.4 is 58.9 Å². The van der Waals surface area contributed by atoms with Crippen LogP contribution in [0.2, 0.25) is 0 Å². The lowest BCUT2D eigenvalue weighted by molar-refractivity contribution is -0.147. The Morgan fingerprint density at radius 1 is 0.541 bits per heavy atom. The summed E-state index contributed by atoms with van der Waals surface area (Å²) < 4.78 is 0. The van der Waals surface area contributed by atoms with E-state index in [0.717, 1.165) is 43.0 Å². The largest absolute Gasteiger partial charge is 0.394 e. The number of hydrogen-bond donors (Lipinski definition) is 18. The lowest BCUT2D eigenvalue weighted by Crippen LogP contribution is -2.65. The molecule has 0 saturated carbocycles. The summed E-state index contributed by atoms with van der Waals surface area (Å²) in [5, 5.41) is 102. The van der Waals surface area contributed by atoms with E-state index in [1.165, 1.54) is 48.5 Å². The third-order valence-corrected chi connectivity index (χ3v) is 17.6. The van der Waals surface area contributed by atoms with Gasteiger partial charge in [0.2, 0.25) is 76.8 Å². The van der Waals surface area contributed by atoms with Gasteiger partial charge in [0.1, 0.15) is 72.6 Å². The molecule has 0 radical (unpaired) electrons. The molecule has 560 valence electrons. The molecule has 98 heavy (non-hydrogen) atoms. The van der Waals surface area contributed by atoms with E-state index in [-0.39, 0.29) is 25.2 Å². The van der Waals surface area contributed by atoms with Gasteiger partial charge in [-0.15, -0.1) is 0 Å². The van der Waals surface area contributed by atoms with Crippen molar-refractivity contribution in [3.63, 3.8) is 0 Å². The van der Waals surface area contributed by atoms with Crippen molar-refractivity contribution in [2.24, 2.45) is 35.3 Å². The summed E-state index contributed by atoms with van der Waals surface area (Å²) in [6, 6.07) is -20.1. The van der Waals surface area contributed by atoms with Crippen molar-refractivity contribution >= 4 is 76.8 Å². The molecule has 2 saturated heterocycles. The van der Waals surface area contributed by atoms with Crippen LogP contribution in [-0.4, -0.2) is 252 Å². The lowest BCUT2D eigenvalue weighted by atomic mass is 9.94. The van der Waals surface area contributed by atoms with Crippen molar-refractivity contribution in [3.8, 4) is 0 Å². The average Bonchev–Trinajstić information content (AvgIpc) is 1.56. The standard InChI is InChI=1S/C65H115N13O20/c1-16-18-19-20-21-22-38-26-45(85)71-46(31(5)6)58(91)76-50(53(86)32(7)8)61(94)67-35(12)55(88)75-51(54(87)33(9)10)62(95)69-40(23-24-44(66)84)64(97)77(15)52(34(11)17-2)63(96)74-49(43(83)29-79)60(93)73-48(37(14)81)65(98)78-28-39(82)27-42(78)57(90)70-41(25-30(3)4)56(89)72-47(36(13)80)59(92)68-38/h30-43,46-54,79-83,86-87H,16-29H2,1-15H3,(H2,66,84)(H,67,94)(H,68,92)(H,69,95)(H,70,90)(H,71,85)(H,72,89)(H,73,93)(H,74,96)(H,75,88)(H,76,91)/t34-,35?,36?,37?,38-,39+,40?,41+,42?,43-,46-,47+,48+,49-,50+,51+,52+,53-,54-/m1/s1. The quantitative estimate of drug-likeness (QED) is 0.0455. The topological polar surface area (TPSA) is 516 Å². The van der Waals surface area contributed by atoms with Gasteiger partial charge in [-0.2, -0.15) is 0 Å². The van der Waals surface area contributed by atoms with Crippen LogP contribution in [0.25, 0.3) is 0 Å². The maximum atomic E-state index is 14.7.